The van der Waals surface area contributed by atoms with Gasteiger partial charge in [-0.25, -0.2) is 4.79 Å². The molecule has 1 aliphatic heterocycles. The highest BCUT2D eigenvalue weighted by molar-refractivity contribution is 6.63. The summed E-state index contributed by atoms with van der Waals surface area (Å²) in [6.07, 6.45) is 4.10. The van der Waals surface area contributed by atoms with Crippen LogP contribution in [0, 0.1) is 17.2 Å². The molecule has 2 fully saturated rings. The Kier molecular flexibility index (Phi) is 6.38. The molecule has 3 N–H and O–H groups in total. The lowest BCUT2D eigenvalue weighted by Gasteiger charge is -2.32. The van der Waals surface area contributed by atoms with E-state index in [9.17, 15) is 14.9 Å². The zero-order chi connectivity index (χ0) is 25.5. The monoisotopic (exact) mass is 479 g/mol. The van der Waals surface area contributed by atoms with Crippen LogP contribution in [0.15, 0.2) is 24.4 Å². The van der Waals surface area contributed by atoms with Crippen LogP contribution < -0.4 is 16.5 Å². The molecule has 0 spiro atoms. The first-order valence-electron chi connectivity index (χ1n) is 11.6. The number of rotatable bonds is 6. The number of hydrogen-bond acceptors (Lipinski definition) is 8. The Bertz CT molecular complexity index is 1190. The van der Waals surface area contributed by atoms with Gasteiger partial charge in [0.1, 0.15) is 5.56 Å². The molecule has 1 saturated heterocycles. The SMILES string of the molecule is COC(=O)c1ccc(Nc2nn([C@@H]3CCC[C@H]3C#N)cc2C(N)=O)cc1B1OC(C)(C)C(C)(C)O1. The number of carbonyl (C=O) groups is 2. The molecule has 1 saturated carbocycles. The van der Waals surface area contributed by atoms with Crippen molar-refractivity contribution in [3.63, 3.8) is 0 Å². The minimum absolute atomic E-state index is 0.115. The summed E-state index contributed by atoms with van der Waals surface area (Å²) < 4.78 is 18.9. The lowest BCUT2D eigenvalue weighted by molar-refractivity contribution is 0.00578. The Morgan fingerprint density at radius 3 is 2.51 bits per heavy atom. The first-order valence-corrected chi connectivity index (χ1v) is 11.6. The van der Waals surface area contributed by atoms with E-state index < -0.39 is 30.2 Å². The number of ether oxygens (including phenoxy) is 1. The van der Waals surface area contributed by atoms with Crippen molar-refractivity contribution in [3.8, 4) is 6.07 Å². The second-order valence-electron chi connectivity index (χ2n) is 9.98. The fourth-order valence-corrected chi connectivity index (χ4v) is 4.48. The van der Waals surface area contributed by atoms with Crippen LogP contribution in [0.2, 0.25) is 0 Å². The summed E-state index contributed by atoms with van der Waals surface area (Å²) >= 11 is 0. The maximum Gasteiger partial charge on any atom is 0.495 e. The second-order valence-corrected chi connectivity index (χ2v) is 9.98. The number of nitriles is 1. The molecule has 1 aromatic carbocycles. The predicted octanol–water partition coefficient (Wildman–Crippen LogP) is 2.68. The van der Waals surface area contributed by atoms with Crippen molar-refractivity contribution in [1.82, 2.24) is 9.78 Å². The molecule has 184 valence electrons. The van der Waals surface area contributed by atoms with Crippen LogP contribution in [0.4, 0.5) is 11.5 Å². The van der Waals surface area contributed by atoms with Gasteiger partial charge in [0.2, 0.25) is 0 Å². The molecular weight excluding hydrogens is 449 g/mol. The average Bonchev–Trinajstić information content (AvgIpc) is 3.49. The number of carbonyl (C=O) groups excluding carboxylic acids is 2. The summed E-state index contributed by atoms with van der Waals surface area (Å²) in [4.78, 5) is 24.6. The van der Waals surface area contributed by atoms with Crippen LogP contribution in [-0.2, 0) is 14.0 Å². The van der Waals surface area contributed by atoms with Crippen molar-refractivity contribution in [2.24, 2.45) is 11.7 Å². The summed E-state index contributed by atoms with van der Waals surface area (Å²) in [6.45, 7) is 7.71. The van der Waals surface area contributed by atoms with E-state index in [4.69, 9.17) is 19.8 Å². The average molecular weight is 479 g/mol. The number of aromatic nitrogens is 2. The number of anilines is 2. The van der Waals surface area contributed by atoms with Gasteiger partial charge in [-0.3, -0.25) is 9.48 Å². The van der Waals surface area contributed by atoms with E-state index in [0.717, 1.165) is 19.3 Å². The lowest BCUT2D eigenvalue weighted by atomic mass is 9.75. The van der Waals surface area contributed by atoms with E-state index in [1.54, 1.807) is 29.1 Å². The molecule has 4 rings (SSSR count). The molecule has 2 atom stereocenters. The first kappa shape index (κ1) is 24.8. The molecule has 1 aromatic heterocycles. The van der Waals surface area contributed by atoms with Crippen LogP contribution in [0.5, 0.6) is 0 Å². The molecule has 1 amide bonds. The van der Waals surface area contributed by atoms with Gasteiger partial charge in [-0.15, -0.1) is 0 Å². The fraction of sp³-hybridized carbons (Fsp3) is 0.500. The van der Waals surface area contributed by atoms with Gasteiger partial charge >= 0.3 is 13.1 Å². The number of amides is 1. The molecule has 0 unspecified atom stereocenters. The Labute approximate surface area is 204 Å². The lowest BCUT2D eigenvalue weighted by Crippen LogP contribution is -2.41. The molecule has 2 aliphatic rings. The molecule has 11 heteroatoms. The normalized spacial score (nSPS) is 22.6. The van der Waals surface area contributed by atoms with Crippen molar-refractivity contribution in [2.45, 2.75) is 64.2 Å². The van der Waals surface area contributed by atoms with Crippen molar-refractivity contribution >= 4 is 36.0 Å². The third-order valence-corrected chi connectivity index (χ3v) is 7.21. The third-order valence-electron chi connectivity index (χ3n) is 7.21. The van der Waals surface area contributed by atoms with Gasteiger partial charge in [-0.05, 0) is 70.6 Å². The van der Waals surface area contributed by atoms with Crippen molar-refractivity contribution in [3.05, 3.63) is 35.5 Å². The largest absolute Gasteiger partial charge is 0.495 e. The third kappa shape index (κ3) is 4.51. The van der Waals surface area contributed by atoms with Gasteiger partial charge in [0.25, 0.3) is 5.91 Å². The van der Waals surface area contributed by atoms with Gasteiger partial charge in [-0.1, -0.05) is 0 Å². The van der Waals surface area contributed by atoms with Crippen molar-refractivity contribution in [2.75, 3.05) is 12.4 Å². The topological polar surface area (TPSA) is 141 Å². The zero-order valence-electron chi connectivity index (χ0n) is 20.6. The van der Waals surface area contributed by atoms with E-state index in [1.165, 1.54) is 7.11 Å². The number of primary amides is 1. The predicted molar refractivity (Wildman–Crippen MR) is 130 cm³/mol. The van der Waals surface area contributed by atoms with Gasteiger partial charge < -0.3 is 25.1 Å². The number of hydrogen-bond donors (Lipinski definition) is 2. The second kappa shape index (κ2) is 9.02. The summed E-state index contributed by atoms with van der Waals surface area (Å²) in [7, 11) is 0.505. The van der Waals surface area contributed by atoms with Crippen LogP contribution in [0.25, 0.3) is 0 Å². The molecule has 0 radical (unpaired) electrons. The van der Waals surface area contributed by atoms with Crippen LogP contribution in [0.1, 0.15) is 73.7 Å². The maximum absolute atomic E-state index is 12.5. The van der Waals surface area contributed by atoms with Gasteiger partial charge in [0, 0.05) is 11.9 Å². The van der Waals surface area contributed by atoms with Crippen molar-refractivity contribution in [1.29, 1.82) is 5.26 Å². The summed E-state index contributed by atoms with van der Waals surface area (Å²) in [5.41, 5.74) is 5.97. The van der Waals surface area contributed by atoms with Crippen LogP contribution >= 0.6 is 0 Å². The Hall–Kier alpha value is -3.36. The van der Waals surface area contributed by atoms with E-state index in [-0.39, 0.29) is 23.3 Å². The molecule has 0 bridgehead atoms. The van der Waals surface area contributed by atoms with E-state index in [0.29, 0.717) is 16.7 Å². The minimum atomic E-state index is -0.807. The summed E-state index contributed by atoms with van der Waals surface area (Å²) in [5, 5.41) is 17.2. The number of nitrogens with zero attached hydrogens (tertiary/aromatic N) is 3. The zero-order valence-corrected chi connectivity index (χ0v) is 20.6. The first-order chi connectivity index (χ1) is 16.5. The van der Waals surface area contributed by atoms with E-state index >= 15 is 0 Å². The highest BCUT2D eigenvalue weighted by atomic mass is 16.7. The number of benzene rings is 1. The number of nitrogens with one attached hydrogen (secondary N) is 1. The molecular formula is C24H30BN5O5. The van der Waals surface area contributed by atoms with Crippen molar-refractivity contribution < 1.29 is 23.6 Å². The van der Waals surface area contributed by atoms with E-state index in [2.05, 4.69) is 16.5 Å². The summed E-state index contributed by atoms with van der Waals surface area (Å²) in [5.74, 6) is -1.06. The minimum Gasteiger partial charge on any atom is -0.465 e. The number of esters is 1. The van der Waals surface area contributed by atoms with Crippen LogP contribution in [-0.4, -0.2) is 47.1 Å². The molecule has 2 heterocycles. The Balaban J connectivity index is 1.70. The standard InChI is InChI=1S/C24H30BN5O5/c1-23(2)24(3,4)35-25(34-23)18-11-15(9-10-16(18)22(32)33-5)28-21-17(20(27)31)13-30(29-21)19-8-6-7-14(19)12-26/h9-11,13-14,19H,6-8H2,1-5H3,(H2,27,31)(H,28,29)/t14-,19+/m0/s1. The highest BCUT2D eigenvalue weighted by Crippen LogP contribution is 2.38. The Morgan fingerprint density at radius 1 is 1.23 bits per heavy atom. The van der Waals surface area contributed by atoms with Gasteiger partial charge in [0.15, 0.2) is 5.82 Å². The van der Waals surface area contributed by atoms with E-state index in [1.807, 2.05) is 27.7 Å². The molecule has 1 aliphatic carbocycles. The fourth-order valence-electron chi connectivity index (χ4n) is 4.48. The molecule has 10 nitrogen and oxygen atoms in total. The van der Waals surface area contributed by atoms with Gasteiger partial charge in [0.05, 0.1) is 41.9 Å². The van der Waals surface area contributed by atoms with Gasteiger partial charge in [-0.2, -0.15) is 10.4 Å². The number of nitrogens with two attached hydrogens (primary N) is 1. The molecule has 2 aromatic rings. The maximum atomic E-state index is 12.5. The van der Waals surface area contributed by atoms with Crippen LogP contribution in [0.3, 0.4) is 0 Å². The number of methoxy groups -OCH3 is 1. The Morgan fingerprint density at radius 2 is 1.91 bits per heavy atom. The smallest absolute Gasteiger partial charge is 0.465 e. The highest BCUT2D eigenvalue weighted by Gasteiger charge is 2.52. The molecule has 35 heavy (non-hydrogen) atoms. The summed E-state index contributed by atoms with van der Waals surface area (Å²) in [6, 6.07) is 7.21. The quantitative estimate of drug-likeness (QED) is 0.476.